The topological polar surface area (TPSA) is 58.6 Å². The molecule has 0 fully saturated rings. The number of halogens is 4. The second-order valence-electron chi connectivity index (χ2n) is 4.88. The van der Waals surface area contributed by atoms with Gasteiger partial charge in [0.1, 0.15) is 5.75 Å². The second-order valence-corrected chi connectivity index (χ2v) is 5.32. The van der Waals surface area contributed by atoms with Crippen molar-refractivity contribution < 1.29 is 27.8 Å². The molecule has 0 aliphatic carbocycles. The Hall–Kier alpha value is -2.25. The summed E-state index contributed by atoms with van der Waals surface area (Å²) in [7, 11) is 1.67. The van der Waals surface area contributed by atoms with Crippen LogP contribution in [0.25, 0.3) is 0 Å². The van der Waals surface area contributed by atoms with Gasteiger partial charge in [0, 0.05) is 18.1 Å². The molecule has 0 saturated carbocycles. The fraction of sp³-hybridized carbons (Fsp3) is 0.235. The van der Waals surface area contributed by atoms with Gasteiger partial charge in [-0.3, -0.25) is 0 Å². The molecule has 4 nitrogen and oxygen atoms in total. The molecule has 0 unspecified atom stereocenters. The van der Waals surface area contributed by atoms with E-state index in [0.29, 0.717) is 0 Å². The molecule has 0 spiro atoms. The molecule has 0 aliphatic heterocycles. The van der Waals surface area contributed by atoms with Gasteiger partial charge in [0.25, 0.3) is 0 Å². The lowest BCUT2D eigenvalue weighted by Crippen LogP contribution is -2.21. The van der Waals surface area contributed by atoms with Crippen molar-refractivity contribution in [1.82, 2.24) is 5.32 Å². The van der Waals surface area contributed by atoms with Crippen molar-refractivity contribution in [2.75, 3.05) is 7.11 Å². The fourth-order valence-electron chi connectivity index (χ4n) is 1.70. The maximum Gasteiger partial charge on any atom is 0.490 e. The van der Waals surface area contributed by atoms with Gasteiger partial charge in [-0.05, 0) is 35.4 Å². The van der Waals surface area contributed by atoms with Crippen molar-refractivity contribution >= 4 is 17.6 Å². The lowest BCUT2D eigenvalue weighted by atomic mass is 10.2. The van der Waals surface area contributed by atoms with Crippen LogP contribution < -0.4 is 10.1 Å². The standard InChI is InChI=1S/C15H16ClNO.C2HF3O2/c1-18-15-8-4-13(5-9-15)11-17-10-12-2-6-14(16)7-3-12;3-2(4,5)1(6)7/h2-9,17H,10-11H2,1H3;(H,6,7). The van der Waals surface area contributed by atoms with Crippen LogP contribution >= 0.6 is 11.6 Å². The van der Waals surface area contributed by atoms with Crippen LogP contribution in [0.4, 0.5) is 13.2 Å². The summed E-state index contributed by atoms with van der Waals surface area (Å²) < 4.78 is 36.9. The van der Waals surface area contributed by atoms with E-state index in [0.717, 1.165) is 23.9 Å². The van der Waals surface area contributed by atoms with Crippen LogP contribution in [0.15, 0.2) is 48.5 Å². The first-order valence-corrected chi connectivity index (χ1v) is 7.48. The van der Waals surface area contributed by atoms with Crippen LogP contribution in [0.2, 0.25) is 5.02 Å². The predicted molar refractivity (Wildman–Crippen MR) is 88.7 cm³/mol. The number of carboxylic acids is 1. The van der Waals surface area contributed by atoms with Crippen LogP contribution in [0.1, 0.15) is 11.1 Å². The van der Waals surface area contributed by atoms with Gasteiger partial charge in [-0.1, -0.05) is 35.9 Å². The Kier molecular flexibility index (Phi) is 8.24. The number of aliphatic carboxylic acids is 1. The third-order valence-electron chi connectivity index (χ3n) is 2.97. The SMILES string of the molecule is COc1ccc(CNCc2ccc(Cl)cc2)cc1.O=C(O)C(F)(F)F. The molecular weight excluding hydrogens is 359 g/mol. The molecule has 0 aromatic heterocycles. The fourth-order valence-corrected chi connectivity index (χ4v) is 1.82. The van der Waals surface area contributed by atoms with Crippen LogP contribution in [-0.2, 0) is 17.9 Å². The van der Waals surface area contributed by atoms with Crippen molar-refractivity contribution in [3.05, 3.63) is 64.7 Å². The highest BCUT2D eigenvalue weighted by Crippen LogP contribution is 2.13. The lowest BCUT2D eigenvalue weighted by Gasteiger charge is -2.06. The number of alkyl halides is 3. The van der Waals surface area contributed by atoms with Gasteiger partial charge in [-0.25, -0.2) is 4.79 Å². The zero-order chi connectivity index (χ0) is 18.9. The van der Waals surface area contributed by atoms with E-state index in [1.165, 1.54) is 11.1 Å². The average molecular weight is 376 g/mol. The average Bonchev–Trinajstić information content (AvgIpc) is 2.57. The zero-order valence-electron chi connectivity index (χ0n) is 13.3. The minimum Gasteiger partial charge on any atom is -0.497 e. The summed E-state index contributed by atoms with van der Waals surface area (Å²) in [4.78, 5) is 8.90. The molecule has 2 aromatic carbocycles. The van der Waals surface area contributed by atoms with Gasteiger partial charge < -0.3 is 15.2 Å². The third-order valence-corrected chi connectivity index (χ3v) is 3.23. The lowest BCUT2D eigenvalue weighted by molar-refractivity contribution is -0.192. The van der Waals surface area contributed by atoms with Gasteiger partial charge in [0.2, 0.25) is 0 Å². The highest BCUT2D eigenvalue weighted by Gasteiger charge is 2.38. The quantitative estimate of drug-likeness (QED) is 0.819. The molecule has 0 heterocycles. The molecule has 2 N–H and O–H groups in total. The Morgan fingerprint density at radius 3 is 1.80 bits per heavy atom. The van der Waals surface area contributed by atoms with E-state index in [2.05, 4.69) is 17.4 Å². The Morgan fingerprint density at radius 1 is 1.04 bits per heavy atom. The first kappa shape index (κ1) is 20.8. The molecular formula is C17H17ClF3NO3. The maximum absolute atomic E-state index is 10.6. The molecule has 0 saturated heterocycles. The highest BCUT2D eigenvalue weighted by molar-refractivity contribution is 6.30. The molecule has 136 valence electrons. The third kappa shape index (κ3) is 8.42. The number of nitrogens with one attached hydrogen (secondary N) is 1. The minimum atomic E-state index is -5.08. The van der Waals surface area contributed by atoms with E-state index in [1.54, 1.807) is 7.11 Å². The van der Waals surface area contributed by atoms with Gasteiger partial charge in [0.15, 0.2) is 0 Å². The Morgan fingerprint density at radius 2 is 1.44 bits per heavy atom. The van der Waals surface area contributed by atoms with Gasteiger partial charge in [0.05, 0.1) is 7.11 Å². The van der Waals surface area contributed by atoms with E-state index in [1.807, 2.05) is 36.4 Å². The number of methoxy groups -OCH3 is 1. The molecule has 2 aromatic rings. The molecule has 0 atom stereocenters. The van der Waals surface area contributed by atoms with Crippen molar-refractivity contribution in [2.45, 2.75) is 19.3 Å². The van der Waals surface area contributed by atoms with Gasteiger partial charge in [-0.15, -0.1) is 0 Å². The largest absolute Gasteiger partial charge is 0.497 e. The van der Waals surface area contributed by atoms with Crippen molar-refractivity contribution in [3.8, 4) is 5.75 Å². The Balaban J connectivity index is 0.000000381. The zero-order valence-corrected chi connectivity index (χ0v) is 14.1. The number of carbonyl (C=O) groups is 1. The van der Waals surface area contributed by atoms with Crippen molar-refractivity contribution in [2.24, 2.45) is 0 Å². The number of hydrogen-bond acceptors (Lipinski definition) is 3. The molecule has 2 rings (SSSR count). The highest BCUT2D eigenvalue weighted by atomic mass is 35.5. The van der Waals surface area contributed by atoms with E-state index in [4.69, 9.17) is 26.2 Å². The molecule has 0 bridgehead atoms. The van der Waals surface area contributed by atoms with E-state index < -0.39 is 12.1 Å². The Labute approximate surface area is 148 Å². The molecule has 8 heteroatoms. The van der Waals surface area contributed by atoms with Gasteiger partial charge in [-0.2, -0.15) is 13.2 Å². The normalized spacial score (nSPS) is 10.6. The van der Waals surface area contributed by atoms with Crippen molar-refractivity contribution in [3.63, 3.8) is 0 Å². The number of benzene rings is 2. The molecule has 25 heavy (non-hydrogen) atoms. The maximum atomic E-state index is 10.6. The van der Waals surface area contributed by atoms with Crippen molar-refractivity contribution in [1.29, 1.82) is 0 Å². The van der Waals surface area contributed by atoms with E-state index in [9.17, 15) is 13.2 Å². The summed E-state index contributed by atoms with van der Waals surface area (Å²) >= 11 is 5.84. The summed E-state index contributed by atoms with van der Waals surface area (Å²) in [5.41, 5.74) is 2.47. The smallest absolute Gasteiger partial charge is 0.490 e. The van der Waals surface area contributed by atoms with Crippen LogP contribution in [0, 0.1) is 0 Å². The van der Waals surface area contributed by atoms with Crippen LogP contribution in [0.3, 0.4) is 0 Å². The first-order chi connectivity index (χ1) is 11.7. The van der Waals surface area contributed by atoms with E-state index in [-0.39, 0.29) is 0 Å². The summed E-state index contributed by atoms with van der Waals surface area (Å²) in [6.07, 6.45) is -5.08. The minimum absolute atomic E-state index is 0.772. The summed E-state index contributed by atoms with van der Waals surface area (Å²) in [6, 6.07) is 15.9. The summed E-state index contributed by atoms with van der Waals surface area (Å²) in [5.74, 6) is -1.87. The summed E-state index contributed by atoms with van der Waals surface area (Å²) in [5, 5.41) is 11.3. The predicted octanol–water partition coefficient (Wildman–Crippen LogP) is 4.27. The van der Waals surface area contributed by atoms with Crippen LogP contribution in [-0.4, -0.2) is 24.4 Å². The van der Waals surface area contributed by atoms with E-state index >= 15 is 0 Å². The monoisotopic (exact) mass is 375 g/mol. The van der Waals surface area contributed by atoms with Crippen LogP contribution in [0.5, 0.6) is 5.75 Å². The summed E-state index contributed by atoms with van der Waals surface area (Å²) in [6.45, 7) is 1.68. The molecule has 0 radical (unpaired) electrons. The number of rotatable bonds is 5. The Bertz CT molecular complexity index is 658. The second kappa shape index (κ2) is 9.90. The first-order valence-electron chi connectivity index (χ1n) is 7.10. The molecule has 0 amide bonds. The number of hydrogen-bond donors (Lipinski definition) is 2. The van der Waals surface area contributed by atoms with Gasteiger partial charge >= 0.3 is 12.1 Å². The number of ether oxygens (including phenoxy) is 1. The number of carboxylic acid groups (broad SMARTS) is 1. The molecule has 0 aliphatic rings.